The molecule has 0 spiro atoms. The molecule has 0 unspecified atom stereocenters. The quantitative estimate of drug-likeness (QED) is 0.844. The molecule has 0 bridgehead atoms. The van der Waals surface area contributed by atoms with Crippen LogP contribution >= 0.6 is 0 Å². The summed E-state index contributed by atoms with van der Waals surface area (Å²) in [6.07, 6.45) is 3.00. The highest BCUT2D eigenvalue weighted by Crippen LogP contribution is 2.25. The topological polar surface area (TPSA) is 41.5 Å². The minimum Gasteiger partial charge on any atom is -0.497 e. The molecule has 1 saturated heterocycles. The minimum absolute atomic E-state index is 0.173. The van der Waals surface area contributed by atoms with Crippen molar-refractivity contribution >= 4 is 0 Å². The Morgan fingerprint density at radius 3 is 2.59 bits per heavy atom. The highest BCUT2D eigenvalue weighted by Gasteiger charge is 2.25. The smallest absolute Gasteiger partial charge is 0.118 e. The fraction of sp³-hybridized carbons (Fsp3) is 0.571. The molecule has 3 heteroatoms. The molecule has 0 radical (unpaired) electrons. The van der Waals surface area contributed by atoms with E-state index in [9.17, 15) is 5.11 Å². The maximum atomic E-state index is 10.3. The van der Waals surface area contributed by atoms with Crippen LogP contribution in [0.15, 0.2) is 24.3 Å². The molecule has 0 saturated carbocycles. The van der Waals surface area contributed by atoms with E-state index >= 15 is 0 Å². The molecule has 1 fully saturated rings. The van der Waals surface area contributed by atoms with Gasteiger partial charge in [0.05, 0.1) is 13.2 Å². The number of aliphatic hydroxyl groups excluding tert-OH is 1. The minimum atomic E-state index is -0.427. The van der Waals surface area contributed by atoms with Crippen molar-refractivity contribution in [3.8, 4) is 5.75 Å². The molecule has 2 rings (SSSR count). The average Bonchev–Trinajstić information content (AvgIpc) is 2.38. The summed E-state index contributed by atoms with van der Waals surface area (Å²) in [5.41, 5.74) is 0.956. The van der Waals surface area contributed by atoms with E-state index in [2.05, 4.69) is 12.2 Å². The molecule has 17 heavy (non-hydrogen) atoms. The van der Waals surface area contributed by atoms with Crippen LogP contribution in [0.3, 0.4) is 0 Å². The van der Waals surface area contributed by atoms with E-state index in [0.29, 0.717) is 6.04 Å². The van der Waals surface area contributed by atoms with Crippen LogP contribution in [-0.2, 0) is 0 Å². The Kier molecular flexibility index (Phi) is 4.02. The van der Waals surface area contributed by atoms with Crippen molar-refractivity contribution in [3.05, 3.63) is 29.8 Å². The highest BCUT2D eigenvalue weighted by molar-refractivity contribution is 5.29. The van der Waals surface area contributed by atoms with Gasteiger partial charge in [0.15, 0.2) is 0 Å². The zero-order valence-corrected chi connectivity index (χ0v) is 10.5. The largest absolute Gasteiger partial charge is 0.497 e. The molecule has 1 heterocycles. The lowest BCUT2D eigenvalue weighted by molar-refractivity contribution is 0.103. The van der Waals surface area contributed by atoms with Gasteiger partial charge in [0, 0.05) is 12.1 Å². The molecule has 0 aliphatic carbocycles. The number of rotatable bonds is 3. The molecule has 2 N–H and O–H groups in total. The van der Waals surface area contributed by atoms with Crippen molar-refractivity contribution in [2.24, 2.45) is 0 Å². The average molecular weight is 235 g/mol. The van der Waals surface area contributed by atoms with E-state index < -0.39 is 6.10 Å². The first-order valence-corrected chi connectivity index (χ1v) is 6.29. The number of methoxy groups -OCH3 is 1. The van der Waals surface area contributed by atoms with Gasteiger partial charge in [-0.3, -0.25) is 0 Å². The fourth-order valence-electron chi connectivity index (χ4n) is 2.46. The predicted octanol–water partition coefficient (Wildman–Crippen LogP) is 2.26. The van der Waals surface area contributed by atoms with E-state index in [1.165, 1.54) is 12.8 Å². The van der Waals surface area contributed by atoms with Gasteiger partial charge in [0.2, 0.25) is 0 Å². The number of nitrogens with one attached hydrogen (secondary N) is 1. The van der Waals surface area contributed by atoms with Crippen molar-refractivity contribution in [1.29, 1.82) is 0 Å². The Labute approximate surface area is 103 Å². The van der Waals surface area contributed by atoms with E-state index in [1.807, 2.05) is 24.3 Å². The summed E-state index contributed by atoms with van der Waals surface area (Å²) in [5, 5.41) is 13.8. The zero-order valence-electron chi connectivity index (χ0n) is 10.5. The third kappa shape index (κ3) is 2.99. The number of ether oxygens (including phenoxy) is 1. The second-order valence-corrected chi connectivity index (χ2v) is 4.82. The number of aliphatic hydroxyl groups is 1. The van der Waals surface area contributed by atoms with Crippen LogP contribution in [0.1, 0.15) is 37.9 Å². The van der Waals surface area contributed by atoms with Gasteiger partial charge in [-0.2, -0.15) is 0 Å². The Morgan fingerprint density at radius 1 is 1.29 bits per heavy atom. The van der Waals surface area contributed by atoms with Gasteiger partial charge < -0.3 is 15.2 Å². The molecular formula is C14H21NO2. The van der Waals surface area contributed by atoms with Crippen molar-refractivity contribution in [2.45, 2.75) is 44.4 Å². The SMILES string of the molecule is COc1ccc([C@H](O)[C@@H]2CCC[C@@H](C)N2)cc1. The van der Waals surface area contributed by atoms with E-state index in [0.717, 1.165) is 17.7 Å². The third-order valence-corrected chi connectivity index (χ3v) is 3.49. The zero-order chi connectivity index (χ0) is 12.3. The summed E-state index contributed by atoms with van der Waals surface area (Å²) >= 11 is 0. The molecule has 1 aliphatic rings. The van der Waals surface area contributed by atoms with Crippen LogP contribution in [0.25, 0.3) is 0 Å². The number of piperidine rings is 1. The summed E-state index contributed by atoms with van der Waals surface area (Å²) in [5.74, 6) is 0.825. The Morgan fingerprint density at radius 2 is 2.00 bits per heavy atom. The van der Waals surface area contributed by atoms with E-state index in [1.54, 1.807) is 7.11 Å². The van der Waals surface area contributed by atoms with Crippen LogP contribution < -0.4 is 10.1 Å². The third-order valence-electron chi connectivity index (χ3n) is 3.49. The summed E-state index contributed by atoms with van der Waals surface area (Å²) in [7, 11) is 1.65. The molecule has 1 aromatic carbocycles. The van der Waals surface area contributed by atoms with Crippen molar-refractivity contribution < 1.29 is 9.84 Å². The lowest BCUT2D eigenvalue weighted by Crippen LogP contribution is -2.44. The van der Waals surface area contributed by atoms with Crippen molar-refractivity contribution in [2.75, 3.05) is 7.11 Å². The van der Waals surface area contributed by atoms with Gasteiger partial charge in [-0.25, -0.2) is 0 Å². The molecule has 94 valence electrons. The van der Waals surface area contributed by atoms with Gasteiger partial charge in [-0.05, 0) is 37.5 Å². The molecule has 0 amide bonds. The summed E-state index contributed by atoms with van der Waals surface area (Å²) in [6.45, 7) is 2.17. The standard InChI is InChI=1S/C14H21NO2/c1-10-4-3-5-13(15-10)14(16)11-6-8-12(17-2)9-7-11/h6-10,13-16H,3-5H2,1-2H3/t10-,13+,14+/m1/s1. The van der Waals surface area contributed by atoms with E-state index in [-0.39, 0.29) is 6.04 Å². The predicted molar refractivity (Wildman–Crippen MR) is 68.2 cm³/mol. The first-order chi connectivity index (χ1) is 8.20. The highest BCUT2D eigenvalue weighted by atomic mass is 16.5. The number of hydrogen-bond acceptors (Lipinski definition) is 3. The van der Waals surface area contributed by atoms with Crippen molar-refractivity contribution in [3.63, 3.8) is 0 Å². The molecule has 3 atom stereocenters. The first-order valence-electron chi connectivity index (χ1n) is 6.29. The normalized spacial score (nSPS) is 26.5. The van der Waals surface area contributed by atoms with Crippen LogP contribution in [0.5, 0.6) is 5.75 Å². The lowest BCUT2D eigenvalue weighted by atomic mass is 9.92. The lowest BCUT2D eigenvalue weighted by Gasteiger charge is -2.32. The fourth-order valence-corrected chi connectivity index (χ4v) is 2.46. The summed E-state index contributed by atoms with van der Waals surface area (Å²) in [4.78, 5) is 0. The Balaban J connectivity index is 2.04. The van der Waals surface area contributed by atoms with Crippen LogP contribution in [0, 0.1) is 0 Å². The molecule has 3 nitrogen and oxygen atoms in total. The number of benzene rings is 1. The maximum absolute atomic E-state index is 10.3. The molecule has 1 aliphatic heterocycles. The summed E-state index contributed by atoms with van der Waals surface area (Å²) < 4.78 is 5.11. The van der Waals surface area contributed by atoms with Gasteiger partial charge in [0.25, 0.3) is 0 Å². The second kappa shape index (κ2) is 5.52. The first kappa shape index (κ1) is 12.4. The van der Waals surface area contributed by atoms with Crippen LogP contribution in [0.4, 0.5) is 0 Å². The van der Waals surface area contributed by atoms with Gasteiger partial charge in [0.1, 0.15) is 5.75 Å². The molecule has 0 aromatic heterocycles. The van der Waals surface area contributed by atoms with Crippen LogP contribution in [-0.4, -0.2) is 24.3 Å². The summed E-state index contributed by atoms with van der Waals surface area (Å²) in [6, 6.07) is 8.33. The van der Waals surface area contributed by atoms with E-state index in [4.69, 9.17) is 4.74 Å². The van der Waals surface area contributed by atoms with Gasteiger partial charge >= 0.3 is 0 Å². The van der Waals surface area contributed by atoms with Gasteiger partial charge in [-0.15, -0.1) is 0 Å². The van der Waals surface area contributed by atoms with Gasteiger partial charge in [-0.1, -0.05) is 18.6 Å². The monoisotopic (exact) mass is 235 g/mol. The maximum Gasteiger partial charge on any atom is 0.118 e. The Bertz CT molecular complexity index is 350. The van der Waals surface area contributed by atoms with Crippen molar-refractivity contribution in [1.82, 2.24) is 5.32 Å². The van der Waals surface area contributed by atoms with Crippen LogP contribution in [0.2, 0.25) is 0 Å². The molecular weight excluding hydrogens is 214 g/mol. The second-order valence-electron chi connectivity index (χ2n) is 4.82. The Hall–Kier alpha value is -1.06. The molecule has 1 aromatic rings. The number of hydrogen-bond donors (Lipinski definition) is 2.